The van der Waals surface area contributed by atoms with Crippen LogP contribution >= 0.6 is 0 Å². The van der Waals surface area contributed by atoms with E-state index in [1.807, 2.05) is 6.07 Å². The molecule has 17 heavy (non-hydrogen) atoms. The summed E-state index contributed by atoms with van der Waals surface area (Å²) >= 11 is 0. The molecule has 3 heteroatoms. The molecule has 0 saturated heterocycles. The summed E-state index contributed by atoms with van der Waals surface area (Å²) < 4.78 is 0. The highest BCUT2D eigenvalue weighted by Gasteiger charge is 1.99. The van der Waals surface area contributed by atoms with Crippen molar-refractivity contribution in [1.29, 1.82) is 0 Å². The van der Waals surface area contributed by atoms with E-state index in [0.717, 1.165) is 30.7 Å². The van der Waals surface area contributed by atoms with Crippen molar-refractivity contribution in [3.8, 4) is 0 Å². The fraction of sp³-hybridized carbons (Fsp3) is 0.286. The smallest absolute Gasteiger partial charge is 0.115 e. The Bertz CT molecular complexity index is 454. The Morgan fingerprint density at radius 2 is 1.59 bits per heavy atom. The van der Waals surface area contributed by atoms with Crippen LogP contribution < -0.4 is 5.73 Å². The van der Waals surface area contributed by atoms with Crippen LogP contribution in [0.2, 0.25) is 0 Å². The van der Waals surface area contributed by atoms with Crippen molar-refractivity contribution in [2.24, 2.45) is 5.73 Å². The van der Waals surface area contributed by atoms with Gasteiger partial charge in [-0.1, -0.05) is 30.3 Å². The molecule has 0 radical (unpaired) electrons. The molecule has 0 amide bonds. The lowest BCUT2D eigenvalue weighted by atomic mass is 10.1. The molecule has 0 aliphatic carbocycles. The maximum Gasteiger partial charge on any atom is 0.115 e. The number of nitrogens with two attached hydrogens (primary N) is 1. The third-order valence-corrected chi connectivity index (χ3v) is 2.69. The van der Waals surface area contributed by atoms with Crippen molar-refractivity contribution < 1.29 is 0 Å². The van der Waals surface area contributed by atoms with E-state index >= 15 is 0 Å². The average molecular weight is 227 g/mol. The predicted octanol–water partition coefficient (Wildman–Crippen LogP) is 1.76. The van der Waals surface area contributed by atoms with Gasteiger partial charge in [0.15, 0.2) is 0 Å². The summed E-state index contributed by atoms with van der Waals surface area (Å²) in [5, 5.41) is 0. The minimum absolute atomic E-state index is 0.634. The molecule has 0 fully saturated rings. The van der Waals surface area contributed by atoms with Crippen LogP contribution in [0.1, 0.15) is 17.0 Å². The van der Waals surface area contributed by atoms with E-state index in [2.05, 4.69) is 40.3 Å². The molecule has 2 N–H and O–H groups in total. The molecule has 0 unspecified atom stereocenters. The van der Waals surface area contributed by atoms with Crippen LogP contribution in [0.25, 0.3) is 0 Å². The zero-order valence-corrected chi connectivity index (χ0v) is 9.84. The first-order valence-electron chi connectivity index (χ1n) is 5.92. The first-order valence-corrected chi connectivity index (χ1v) is 5.92. The van der Waals surface area contributed by atoms with Crippen molar-refractivity contribution in [3.05, 3.63) is 59.7 Å². The standard InChI is InChI=1S/C14H17N3/c15-9-8-14-10-13(16-11-17-14)7-6-12-4-2-1-3-5-12/h1-5,10-11H,6-9,15H2. The third kappa shape index (κ3) is 3.64. The molecule has 1 aromatic heterocycles. The molecular weight excluding hydrogens is 210 g/mol. The Balaban J connectivity index is 1.97. The van der Waals surface area contributed by atoms with Gasteiger partial charge in [-0.25, -0.2) is 9.97 Å². The number of rotatable bonds is 5. The van der Waals surface area contributed by atoms with E-state index in [0.29, 0.717) is 6.54 Å². The van der Waals surface area contributed by atoms with Gasteiger partial charge in [0.1, 0.15) is 6.33 Å². The van der Waals surface area contributed by atoms with Gasteiger partial charge in [0, 0.05) is 17.8 Å². The number of benzene rings is 1. The average Bonchev–Trinajstić information content (AvgIpc) is 2.39. The van der Waals surface area contributed by atoms with Crippen LogP contribution in [-0.4, -0.2) is 16.5 Å². The normalized spacial score (nSPS) is 10.4. The van der Waals surface area contributed by atoms with E-state index in [4.69, 9.17) is 5.73 Å². The fourth-order valence-electron chi connectivity index (χ4n) is 1.78. The van der Waals surface area contributed by atoms with Gasteiger partial charge in [-0.05, 0) is 31.0 Å². The van der Waals surface area contributed by atoms with E-state index in [-0.39, 0.29) is 0 Å². The minimum Gasteiger partial charge on any atom is -0.330 e. The van der Waals surface area contributed by atoms with Crippen LogP contribution in [0, 0.1) is 0 Å². The summed E-state index contributed by atoms with van der Waals surface area (Å²) in [6, 6.07) is 12.5. The van der Waals surface area contributed by atoms with Gasteiger partial charge >= 0.3 is 0 Å². The number of aromatic nitrogens is 2. The molecule has 3 nitrogen and oxygen atoms in total. The van der Waals surface area contributed by atoms with Gasteiger partial charge in [-0.2, -0.15) is 0 Å². The lowest BCUT2D eigenvalue weighted by Crippen LogP contribution is -2.06. The predicted molar refractivity (Wildman–Crippen MR) is 68.6 cm³/mol. The van der Waals surface area contributed by atoms with Gasteiger partial charge in [0.05, 0.1) is 0 Å². The monoisotopic (exact) mass is 227 g/mol. The Morgan fingerprint density at radius 3 is 2.29 bits per heavy atom. The molecule has 1 aromatic carbocycles. The van der Waals surface area contributed by atoms with Crippen LogP contribution in [-0.2, 0) is 19.3 Å². The van der Waals surface area contributed by atoms with Crippen LogP contribution in [0.3, 0.4) is 0 Å². The maximum absolute atomic E-state index is 5.52. The van der Waals surface area contributed by atoms with Crippen molar-refractivity contribution in [1.82, 2.24) is 9.97 Å². The van der Waals surface area contributed by atoms with Crippen molar-refractivity contribution in [2.45, 2.75) is 19.3 Å². The van der Waals surface area contributed by atoms with Crippen LogP contribution in [0.15, 0.2) is 42.7 Å². The summed E-state index contributed by atoms with van der Waals surface area (Å²) in [5.41, 5.74) is 8.98. The SMILES string of the molecule is NCCc1cc(CCc2ccccc2)ncn1. The molecule has 0 bridgehead atoms. The van der Waals surface area contributed by atoms with Crippen molar-refractivity contribution >= 4 is 0 Å². The molecule has 88 valence electrons. The molecule has 2 rings (SSSR count). The van der Waals surface area contributed by atoms with Gasteiger partial charge in [0.2, 0.25) is 0 Å². The Kier molecular flexibility index (Phi) is 4.22. The lowest BCUT2D eigenvalue weighted by Gasteiger charge is -2.03. The van der Waals surface area contributed by atoms with Crippen LogP contribution in [0.5, 0.6) is 0 Å². The van der Waals surface area contributed by atoms with E-state index in [1.54, 1.807) is 6.33 Å². The second-order valence-electron chi connectivity index (χ2n) is 4.02. The lowest BCUT2D eigenvalue weighted by molar-refractivity contribution is 0.857. The maximum atomic E-state index is 5.52. The number of aryl methyl sites for hydroxylation is 2. The molecule has 2 aromatic rings. The summed E-state index contributed by atoms with van der Waals surface area (Å²) in [6.45, 7) is 0.634. The largest absolute Gasteiger partial charge is 0.330 e. The summed E-state index contributed by atoms with van der Waals surface area (Å²) in [4.78, 5) is 8.48. The van der Waals surface area contributed by atoms with Gasteiger partial charge in [-0.15, -0.1) is 0 Å². The Morgan fingerprint density at radius 1 is 0.882 bits per heavy atom. The quantitative estimate of drug-likeness (QED) is 0.846. The molecule has 0 aliphatic rings. The van der Waals surface area contributed by atoms with E-state index in [9.17, 15) is 0 Å². The molecule has 0 atom stereocenters. The second-order valence-corrected chi connectivity index (χ2v) is 4.02. The van der Waals surface area contributed by atoms with Gasteiger partial charge in [0.25, 0.3) is 0 Å². The highest BCUT2D eigenvalue weighted by molar-refractivity contribution is 5.17. The number of hydrogen-bond acceptors (Lipinski definition) is 3. The van der Waals surface area contributed by atoms with Gasteiger partial charge in [-0.3, -0.25) is 0 Å². The number of hydrogen-bond donors (Lipinski definition) is 1. The van der Waals surface area contributed by atoms with Crippen molar-refractivity contribution in [3.63, 3.8) is 0 Å². The third-order valence-electron chi connectivity index (χ3n) is 2.69. The minimum atomic E-state index is 0.634. The molecule has 0 saturated carbocycles. The number of nitrogens with zero attached hydrogens (tertiary/aromatic N) is 2. The van der Waals surface area contributed by atoms with E-state index < -0.39 is 0 Å². The Labute approximate surface area is 102 Å². The fourth-order valence-corrected chi connectivity index (χ4v) is 1.78. The van der Waals surface area contributed by atoms with Crippen molar-refractivity contribution in [2.75, 3.05) is 6.54 Å². The second kappa shape index (κ2) is 6.11. The molecule has 0 spiro atoms. The highest BCUT2D eigenvalue weighted by Crippen LogP contribution is 2.06. The first-order chi connectivity index (χ1) is 8.38. The van der Waals surface area contributed by atoms with Gasteiger partial charge < -0.3 is 5.73 Å². The topological polar surface area (TPSA) is 51.8 Å². The highest BCUT2D eigenvalue weighted by atomic mass is 14.8. The summed E-state index contributed by atoms with van der Waals surface area (Å²) in [6.07, 6.45) is 4.41. The summed E-state index contributed by atoms with van der Waals surface area (Å²) in [7, 11) is 0. The summed E-state index contributed by atoms with van der Waals surface area (Å²) in [5.74, 6) is 0. The molecule has 1 heterocycles. The molecule has 0 aliphatic heterocycles. The first kappa shape index (κ1) is 11.7. The van der Waals surface area contributed by atoms with Crippen LogP contribution in [0.4, 0.5) is 0 Å². The zero-order chi connectivity index (χ0) is 11.9. The Hall–Kier alpha value is -1.74. The van der Waals surface area contributed by atoms with E-state index in [1.165, 1.54) is 5.56 Å². The molecular formula is C14H17N3. The zero-order valence-electron chi connectivity index (χ0n) is 9.84.